The number of rotatable bonds is 9. The van der Waals surface area contributed by atoms with Crippen LogP contribution in [-0.2, 0) is 16.1 Å². The molecule has 1 unspecified atom stereocenters. The summed E-state index contributed by atoms with van der Waals surface area (Å²) >= 11 is 1.71. The molecule has 29 heavy (non-hydrogen) atoms. The van der Waals surface area contributed by atoms with Crippen molar-refractivity contribution in [3.63, 3.8) is 0 Å². The Hall–Kier alpha value is -1.02. The van der Waals surface area contributed by atoms with Gasteiger partial charge in [0.15, 0.2) is 0 Å². The summed E-state index contributed by atoms with van der Waals surface area (Å²) in [6, 6.07) is 0.422. The lowest BCUT2D eigenvalue weighted by molar-refractivity contribution is -0.127. The van der Waals surface area contributed by atoms with Gasteiger partial charge in [0, 0.05) is 43.5 Å². The van der Waals surface area contributed by atoms with Gasteiger partial charge in [-0.1, -0.05) is 26.7 Å². The van der Waals surface area contributed by atoms with Gasteiger partial charge in [0.1, 0.15) is 0 Å². The van der Waals surface area contributed by atoms with Crippen LogP contribution in [0.25, 0.3) is 0 Å². The first kappa shape index (κ1) is 22.7. The molecule has 164 valence electrons. The average molecular weight is 423 g/mol. The van der Waals surface area contributed by atoms with Gasteiger partial charge in [0.05, 0.1) is 23.9 Å². The summed E-state index contributed by atoms with van der Waals surface area (Å²) in [4.78, 5) is 22.4. The van der Waals surface area contributed by atoms with E-state index in [2.05, 4.69) is 46.3 Å². The van der Waals surface area contributed by atoms with Crippen LogP contribution in [0.4, 0.5) is 0 Å². The van der Waals surface area contributed by atoms with Crippen molar-refractivity contribution < 1.29 is 9.53 Å². The van der Waals surface area contributed by atoms with Gasteiger partial charge in [-0.3, -0.25) is 14.6 Å². The van der Waals surface area contributed by atoms with Crippen LogP contribution < -0.4 is 5.32 Å². The molecule has 2 saturated heterocycles. The van der Waals surface area contributed by atoms with Gasteiger partial charge in [-0.2, -0.15) is 0 Å². The molecule has 1 amide bonds. The Balaban J connectivity index is 1.46. The SMILES string of the molecule is CCC(CC)C(CNC(=O)C1CCN(Cc2csc(C)n2)CC1)N1CCOCC1. The maximum Gasteiger partial charge on any atom is 0.223 e. The fourth-order valence-corrected chi connectivity index (χ4v) is 5.35. The number of nitrogens with zero attached hydrogens (tertiary/aromatic N) is 3. The zero-order valence-corrected chi connectivity index (χ0v) is 19.2. The summed E-state index contributed by atoms with van der Waals surface area (Å²) in [6.07, 6.45) is 4.20. The number of morpholine rings is 1. The lowest BCUT2D eigenvalue weighted by Gasteiger charge is -2.39. The maximum absolute atomic E-state index is 12.9. The van der Waals surface area contributed by atoms with Gasteiger partial charge in [0.25, 0.3) is 0 Å². The van der Waals surface area contributed by atoms with Gasteiger partial charge in [0.2, 0.25) is 5.91 Å². The number of ether oxygens (including phenoxy) is 1. The Morgan fingerprint density at radius 2 is 1.93 bits per heavy atom. The number of hydrogen-bond acceptors (Lipinski definition) is 6. The summed E-state index contributed by atoms with van der Waals surface area (Å²) in [5.41, 5.74) is 1.16. The molecule has 0 spiro atoms. The van der Waals surface area contributed by atoms with E-state index in [4.69, 9.17) is 4.74 Å². The van der Waals surface area contributed by atoms with E-state index < -0.39 is 0 Å². The molecular weight excluding hydrogens is 384 g/mol. The summed E-state index contributed by atoms with van der Waals surface area (Å²) in [6.45, 7) is 13.8. The molecular formula is C22H38N4O2S. The Kier molecular flexibility index (Phi) is 8.90. The summed E-state index contributed by atoms with van der Waals surface area (Å²) in [7, 11) is 0. The molecule has 7 heteroatoms. The molecule has 0 aromatic carbocycles. The first-order chi connectivity index (χ1) is 14.1. The molecule has 0 radical (unpaired) electrons. The highest BCUT2D eigenvalue weighted by Crippen LogP contribution is 2.22. The van der Waals surface area contributed by atoms with Crippen LogP contribution in [0.3, 0.4) is 0 Å². The van der Waals surface area contributed by atoms with Crippen LogP contribution in [-0.4, -0.2) is 72.7 Å². The highest BCUT2D eigenvalue weighted by molar-refractivity contribution is 7.09. The average Bonchev–Trinajstić information content (AvgIpc) is 3.16. The third kappa shape index (κ3) is 6.48. The van der Waals surface area contributed by atoms with E-state index in [9.17, 15) is 4.79 Å². The first-order valence-electron chi connectivity index (χ1n) is 11.3. The minimum Gasteiger partial charge on any atom is -0.379 e. The number of thiazole rings is 1. The van der Waals surface area contributed by atoms with E-state index in [1.165, 1.54) is 0 Å². The second-order valence-electron chi connectivity index (χ2n) is 8.45. The lowest BCUT2D eigenvalue weighted by atomic mass is 9.91. The number of nitrogens with one attached hydrogen (secondary N) is 1. The van der Waals surface area contributed by atoms with E-state index >= 15 is 0 Å². The molecule has 0 aliphatic carbocycles. The summed E-state index contributed by atoms with van der Waals surface area (Å²) < 4.78 is 5.53. The molecule has 3 rings (SSSR count). The summed E-state index contributed by atoms with van der Waals surface area (Å²) in [5.74, 6) is 1.02. The fourth-order valence-electron chi connectivity index (χ4n) is 4.75. The molecule has 3 heterocycles. The number of likely N-dealkylation sites (tertiary alicyclic amines) is 1. The van der Waals surface area contributed by atoms with E-state index in [1.54, 1.807) is 11.3 Å². The first-order valence-corrected chi connectivity index (χ1v) is 12.2. The quantitative estimate of drug-likeness (QED) is 0.663. The van der Waals surface area contributed by atoms with Crippen LogP contribution in [0.5, 0.6) is 0 Å². The summed E-state index contributed by atoms with van der Waals surface area (Å²) in [5, 5.41) is 6.59. The molecule has 2 fully saturated rings. The minimum absolute atomic E-state index is 0.149. The molecule has 1 aromatic heterocycles. The smallest absolute Gasteiger partial charge is 0.223 e. The van der Waals surface area contributed by atoms with Crippen LogP contribution in [0.2, 0.25) is 0 Å². The highest BCUT2D eigenvalue weighted by Gasteiger charge is 2.29. The van der Waals surface area contributed by atoms with E-state index in [1.807, 2.05) is 0 Å². The Morgan fingerprint density at radius 1 is 1.24 bits per heavy atom. The van der Waals surface area contributed by atoms with E-state index in [-0.39, 0.29) is 11.8 Å². The van der Waals surface area contributed by atoms with Gasteiger partial charge in [-0.05, 0) is 38.8 Å². The molecule has 1 aromatic rings. The molecule has 2 aliphatic rings. The standard InChI is InChI=1S/C22H38N4O2S/c1-4-18(5-2)21(26-10-12-28-13-11-26)14-23-22(27)19-6-8-25(9-7-19)15-20-16-29-17(3)24-20/h16,18-19,21H,4-15H2,1-3H3,(H,23,27). The van der Waals surface area contributed by atoms with Crippen molar-refractivity contribution in [1.29, 1.82) is 0 Å². The lowest BCUT2D eigenvalue weighted by Crippen LogP contribution is -2.53. The van der Waals surface area contributed by atoms with Crippen LogP contribution in [0, 0.1) is 18.8 Å². The number of piperidine rings is 1. The van der Waals surface area contributed by atoms with Crippen molar-refractivity contribution in [1.82, 2.24) is 20.1 Å². The number of aromatic nitrogens is 1. The largest absolute Gasteiger partial charge is 0.379 e. The second-order valence-corrected chi connectivity index (χ2v) is 9.51. The van der Waals surface area contributed by atoms with Crippen molar-refractivity contribution in [2.24, 2.45) is 11.8 Å². The predicted molar refractivity (Wildman–Crippen MR) is 118 cm³/mol. The third-order valence-corrected chi connectivity index (χ3v) is 7.43. The van der Waals surface area contributed by atoms with Crippen molar-refractivity contribution in [3.05, 3.63) is 16.1 Å². The van der Waals surface area contributed by atoms with Crippen LogP contribution >= 0.6 is 11.3 Å². The highest BCUT2D eigenvalue weighted by atomic mass is 32.1. The normalized spacial score (nSPS) is 20.8. The van der Waals surface area contributed by atoms with Crippen molar-refractivity contribution in [2.45, 2.75) is 59.0 Å². The zero-order chi connectivity index (χ0) is 20.6. The van der Waals surface area contributed by atoms with Crippen molar-refractivity contribution in [3.8, 4) is 0 Å². The van der Waals surface area contributed by atoms with E-state index in [0.29, 0.717) is 12.0 Å². The zero-order valence-electron chi connectivity index (χ0n) is 18.4. The maximum atomic E-state index is 12.9. The number of hydrogen-bond donors (Lipinski definition) is 1. The van der Waals surface area contributed by atoms with Crippen LogP contribution in [0.1, 0.15) is 50.2 Å². The van der Waals surface area contributed by atoms with Gasteiger partial charge in [-0.25, -0.2) is 4.98 Å². The van der Waals surface area contributed by atoms with E-state index in [0.717, 1.165) is 88.9 Å². The van der Waals surface area contributed by atoms with Crippen molar-refractivity contribution in [2.75, 3.05) is 45.9 Å². The third-order valence-electron chi connectivity index (χ3n) is 6.60. The molecule has 6 nitrogen and oxygen atoms in total. The topological polar surface area (TPSA) is 57.7 Å². The second kappa shape index (κ2) is 11.4. The monoisotopic (exact) mass is 422 g/mol. The van der Waals surface area contributed by atoms with Gasteiger partial charge >= 0.3 is 0 Å². The Bertz CT molecular complexity index is 620. The number of carbonyl (C=O) groups excluding carboxylic acids is 1. The predicted octanol–water partition coefficient (Wildman–Crippen LogP) is 2.92. The molecule has 0 saturated carbocycles. The number of amides is 1. The van der Waals surface area contributed by atoms with Gasteiger partial charge in [-0.15, -0.1) is 11.3 Å². The molecule has 2 aliphatic heterocycles. The Morgan fingerprint density at radius 3 is 2.52 bits per heavy atom. The van der Waals surface area contributed by atoms with Crippen molar-refractivity contribution >= 4 is 17.2 Å². The minimum atomic E-state index is 0.149. The fraction of sp³-hybridized carbons (Fsp3) is 0.818. The van der Waals surface area contributed by atoms with Gasteiger partial charge < -0.3 is 10.1 Å². The molecule has 0 bridgehead atoms. The molecule has 1 N–H and O–H groups in total. The number of carbonyl (C=O) groups is 1. The molecule has 1 atom stereocenters. The Labute approximate surface area is 180 Å². The van der Waals surface area contributed by atoms with Crippen LogP contribution in [0.15, 0.2) is 5.38 Å². The number of aryl methyl sites for hydroxylation is 1.